The molecule has 2 aromatic rings. The van der Waals surface area contributed by atoms with E-state index in [1.807, 2.05) is 48.5 Å². The van der Waals surface area contributed by atoms with Crippen molar-refractivity contribution in [2.45, 2.75) is 38.7 Å². The minimum absolute atomic E-state index is 0.0545. The molecule has 1 aliphatic rings. The predicted molar refractivity (Wildman–Crippen MR) is 106 cm³/mol. The molecular weight excluding hydrogens is 342 g/mol. The van der Waals surface area contributed by atoms with Gasteiger partial charge in [0.2, 0.25) is 0 Å². The molecule has 0 aromatic heterocycles. The zero-order valence-electron chi connectivity index (χ0n) is 15.9. The summed E-state index contributed by atoms with van der Waals surface area (Å²) in [5.41, 5.74) is 1.88. The fraction of sp³-hybridized carbons (Fsp3) is 0.409. The molecule has 1 amide bonds. The maximum Gasteiger partial charge on any atom is 0.262 e. The van der Waals surface area contributed by atoms with Gasteiger partial charge in [-0.05, 0) is 48.6 Å². The summed E-state index contributed by atoms with van der Waals surface area (Å²) >= 11 is 0. The summed E-state index contributed by atoms with van der Waals surface area (Å²) in [4.78, 5) is 12.3. The quantitative estimate of drug-likeness (QED) is 0.750. The van der Waals surface area contributed by atoms with Crippen LogP contribution in [0.3, 0.4) is 0 Å². The molecule has 3 rings (SSSR count). The van der Waals surface area contributed by atoms with Crippen molar-refractivity contribution < 1.29 is 19.0 Å². The van der Waals surface area contributed by atoms with E-state index in [0.29, 0.717) is 29.7 Å². The average molecular weight is 369 g/mol. The number of benzene rings is 2. The lowest BCUT2D eigenvalue weighted by Gasteiger charge is -2.15. The van der Waals surface area contributed by atoms with Crippen LogP contribution in [0.25, 0.3) is 0 Å². The van der Waals surface area contributed by atoms with Gasteiger partial charge in [-0.15, -0.1) is 0 Å². The zero-order valence-corrected chi connectivity index (χ0v) is 15.9. The highest BCUT2D eigenvalue weighted by Gasteiger charge is 2.17. The molecule has 5 heteroatoms. The third kappa shape index (κ3) is 5.73. The van der Waals surface area contributed by atoms with E-state index in [-0.39, 0.29) is 18.6 Å². The fourth-order valence-electron chi connectivity index (χ4n) is 2.94. The second-order valence-electron chi connectivity index (χ2n) is 7.00. The third-order valence-electron chi connectivity index (χ3n) is 4.53. The molecule has 0 saturated carbocycles. The molecule has 0 spiro atoms. The van der Waals surface area contributed by atoms with Crippen LogP contribution in [0.5, 0.6) is 11.5 Å². The Balaban J connectivity index is 1.51. The largest absolute Gasteiger partial charge is 0.489 e. The van der Waals surface area contributed by atoms with Crippen LogP contribution in [0.1, 0.15) is 38.2 Å². The Morgan fingerprint density at radius 2 is 1.93 bits per heavy atom. The first-order chi connectivity index (χ1) is 13.1. The fourth-order valence-corrected chi connectivity index (χ4v) is 2.94. The summed E-state index contributed by atoms with van der Waals surface area (Å²) in [6, 6.07) is 15.2. The van der Waals surface area contributed by atoms with E-state index in [0.717, 1.165) is 19.4 Å². The van der Waals surface area contributed by atoms with Gasteiger partial charge < -0.3 is 19.5 Å². The van der Waals surface area contributed by atoms with Crippen molar-refractivity contribution in [2.75, 3.05) is 25.1 Å². The number of carbonyl (C=O) groups is 1. The van der Waals surface area contributed by atoms with Crippen molar-refractivity contribution in [1.29, 1.82) is 0 Å². The lowest BCUT2D eigenvalue weighted by molar-refractivity contribution is -0.118. The highest BCUT2D eigenvalue weighted by atomic mass is 16.5. The van der Waals surface area contributed by atoms with Crippen LogP contribution >= 0.6 is 0 Å². The molecule has 0 radical (unpaired) electrons. The van der Waals surface area contributed by atoms with E-state index >= 15 is 0 Å². The molecule has 1 atom stereocenters. The summed E-state index contributed by atoms with van der Waals surface area (Å²) in [7, 11) is 0. The number of hydrogen-bond acceptors (Lipinski definition) is 4. The molecule has 144 valence electrons. The van der Waals surface area contributed by atoms with Crippen LogP contribution in [0.15, 0.2) is 48.5 Å². The summed E-state index contributed by atoms with van der Waals surface area (Å²) in [5.74, 6) is 1.56. The van der Waals surface area contributed by atoms with E-state index in [1.165, 1.54) is 5.56 Å². The van der Waals surface area contributed by atoms with E-state index in [1.54, 1.807) is 0 Å². The first-order valence-corrected chi connectivity index (χ1v) is 9.48. The number of hydrogen-bond donors (Lipinski definition) is 1. The Bertz CT molecular complexity index is 736. The molecular formula is C22H27NO4. The molecule has 1 aliphatic heterocycles. The monoisotopic (exact) mass is 369 g/mol. The van der Waals surface area contributed by atoms with Crippen molar-refractivity contribution in [3.63, 3.8) is 0 Å². The second kappa shape index (κ2) is 9.42. The Labute approximate surface area is 160 Å². The second-order valence-corrected chi connectivity index (χ2v) is 7.00. The van der Waals surface area contributed by atoms with Crippen LogP contribution in [-0.2, 0) is 9.53 Å². The van der Waals surface area contributed by atoms with Gasteiger partial charge in [-0.2, -0.15) is 0 Å². The van der Waals surface area contributed by atoms with E-state index in [4.69, 9.17) is 14.2 Å². The zero-order chi connectivity index (χ0) is 19.1. The van der Waals surface area contributed by atoms with Crippen molar-refractivity contribution in [2.24, 2.45) is 0 Å². The normalized spacial score (nSPS) is 16.3. The van der Waals surface area contributed by atoms with E-state index < -0.39 is 0 Å². The minimum Gasteiger partial charge on any atom is -0.489 e. The molecule has 1 heterocycles. The Kier molecular flexibility index (Phi) is 6.71. The maximum atomic E-state index is 12.3. The number of nitrogens with one attached hydrogen (secondary N) is 1. The summed E-state index contributed by atoms with van der Waals surface area (Å²) in [5, 5.41) is 2.86. The number of para-hydroxylation sites is 2. The molecule has 2 aromatic carbocycles. The molecule has 0 bridgehead atoms. The SMILES string of the molecule is CC(C)c1ccc(OCC(=O)Nc2ccccc2OCC2CCCO2)cc1. The number of amides is 1. The number of carbonyl (C=O) groups excluding carboxylic acids is 1. The Hall–Kier alpha value is -2.53. The van der Waals surface area contributed by atoms with Crippen molar-refractivity contribution in [1.82, 2.24) is 0 Å². The van der Waals surface area contributed by atoms with Gasteiger partial charge in [0.05, 0.1) is 11.8 Å². The van der Waals surface area contributed by atoms with Crippen molar-refractivity contribution in [3.05, 3.63) is 54.1 Å². The highest BCUT2D eigenvalue weighted by molar-refractivity contribution is 5.93. The molecule has 1 fully saturated rings. The molecule has 1 N–H and O–H groups in total. The summed E-state index contributed by atoms with van der Waals surface area (Å²) < 4.78 is 17.0. The van der Waals surface area contributed by atoms with Crippen LogP contribution in [0.2, 0.25) is 0 Å². The van der Waals surface area contributed by atoms with Gasteiger partial charge in [-0.25, -0.2) is 0 Å². The smallest absolute Gasteiger partial charge is 0.262 e. The molecule has 5 nitrogen and oxygen atoms in total. The lowest BCUT2D eigenvalue weighted by atomic mass is 10.0. The highest BCUT2D eigenvalue weighted by Crippen LogP contribution is 2.25. The van der Waals surface area contributed by atoms with Crippen molar-refractivity contribution >= 4 is 11.6 Å². The van der Waals surface area contributed by atoms with Crippen LogP contribution in [0.4, 0.5) is 5.69 Å². The van der Waals surface area contributed by atoms with Crippen LogP contribution < -0.4 is 14.8 Å². The molecule has 27 heavy (non-hydrogen) atoms. The van der Waals surface area contributed by atoms with Crippen molar-refractivity contribution in [3.8, 4) is 11.5 Å². The topological polar surface area (TPSA) is 56.8 Å². The van der Waals surface area contributed by atoms with Gasteiger partial charge in [0.25, 0.3) is 5.91 Å². The lowest BCUT2D eigenvalue weighted by Crippen LogP contribution is -2.21. The standard InChI is InChI=1S/C22H27NO4/c1-16(2)17-9-11-18(12-10-17)26-15-22(24)23-20-7-3-4-8-21(20)27-14-19-6-5-13-25-19/h3-4,7-12,16,19H,5-6,13-15H2,1-2H3,(H,23,24). The minimum atomic E-state index is -0.226. The van der Waals surface area contributed by atoms with Gasteiger partial charge >= 0.3 is 0 Å². The van der Waals surface area contributed by atoms with E-state index in [2.05, 4.69) is 19.2 Å². The van der Waals surface area contributed by atoms with Gasteiger partial charge in [0.1, 0.15) is 18.1 Å². The maximum absolute atomic E-state index is 12.3. The summed E-state index contributed by atoms with van der Waals surface area (Å²) in [6.07, 6.45) is 2.21. The molecule has 0 aliphatic carbocycles. The molecule has 1 saturated heterocycles. The number of anilines is 1. The number of rotatable bonds is 8. The third-order valence-corrected chi connectivity index (χ3v) is 4.53. The predicted octanol–water partition coefficient (Wildman–Crippen LogP) is 4.39. The first kappa shape index (κ1) is 19.2. The van der Waals surface area contributed by atoms with E-state index in [9.17, 15) is 4.79 Å². The van der Waals surface area contributed by atoms with Crippen LogP contribution in [-0.4, -0.2) is 31.8 Å². The Morgan fingerprint density at radius 1 is 1.15 bits per heavy atom. The molecule has 1 unspecified atom stereocenters. The summed E-state index contributed by atoms with van der Waals surface area (Å²) in [6.45, 7) is 5.51. The van der Waals surface area contributed by atoms with Gasteiger partial charge in [-0.3, -0.25) is 4.79 Å². The first-order valence-electron chi connectivity index (χ1n) is 9.48. The average Bonchev–Trinajstić information content (AvgIpc) is 3.19. The van der Waals surface area contributed by atoms with Gasteiger partial charge in [-0.1, -0.05) is 38.1 Å². The van der Waals surface area contributed by atoms with Crippen LogP contribution in [0, 0.1) is 0 Å². The Morgan fingerprint density at radius 3 is 2.63 bits per heavy atom. The van der Waals surface area contributed by atoms with Gasteiger partial charge in [0.15, 0.2) is 6.61 Å². The van der Waals surface area contributed by atoms with Gasteiger partial charge in [0, 0.05) is 6.61 Å². The number of ether oxygens (including phenoxy) is 3.